The number of rotatable bonds is 4. The fourth-order valence-electron chi connectivity index (χ4n) is 1.69. The van der Waals surface area contributed by atoms with Crippen LogP contribution in [0.1, 0.15) is 5.76 Å². The molecule has 0 spiro atoms. The Morgan fingerprint density at radius 2 is 1.95 bits per heavy atom. The van der Waals surface area contributed by atoms with E-state index in [1.807, 2.05) is 0 Å². The van der Waals surface area contributed by atoms with Crippen molar-refractivity contribution in [2.75, 3.05) is 10.6 Å². The zero-order valence-electron chi connectivity index (χ0n) is 11.3. The summed E-state index contributed by atoms with van der Waals surface area (Å²) in [5.74, 6) is 0.0412. The molecule has 7 nitrogen and oxygen atoms in total. The monoisotopic (exact) mass is 304 g/mol. The quantitative estimate of drug-likeness (QED) is 0.766. The molecule has 0 amide bonds. The molecule has 3 rings (SSSR count). The Kier molecular flexibility index (Phi) is 3.60. The Morgan fingerprint density at radius 3 is 2.68 bits per heavy atom. The number of nitrogens with zero attached hydrogens (tertiary/aromatic N) is 4. The SMILES string of the molecule is Cc1cc(Nc2nncc(Nc3ccc(F)cc3F)n2)no1. The van der Waals surface area contributed by atoms with Gasteiger partial charge in [-0.25, -0.2) is 8.78 Å². The van der Waals surface area contributed by atoms with Gasteiger partial charge in [0, 0.05) is 12.1 Å². The van der Waals surface area contributed by atoms with Crippen molar-refractivity contribution in [1.29, 1.82) is 0 Å². The lowest BCUT2D eigenvalue weighted by molar-refractivity contribution is 0.400. The van der Waals surface area contributed by atoms with E-state index in [1.54, 1.807) is 13.0 Å². The standard InChI is InChI=1S/C13H10F2N6O/c1-7-4-11(21-22-7)18-13-19-12(6-16-20-13)17-10-3-2-8(14)5-9(10)15/h2-6H,1H3,(H2,17,18,19,20,21). The first-order valence-corrected chi connectivity index (χ1v) is 6.22. The van der Waals surface area contributed by atoms with Gasteiger partial charge in [0.25, 0.3) is 0 Å². The zero-order valence-corrected chi connectivity index (χ0v) is 11.3. The third-order valence-corrected chi connectivity index (χ3v) is 2.62. The molecule has 9 heteroatoms. The van der Waals surface area contributed by atoms with E-state index in [0.717, 1.165) is 12.1 Å². The van der Waals surface area contributed by atoms with Crippen molar-refractivity contribution in [3.05, 3.63) is 47.9 Å². The van der Waals surface area contributed by atoms with E-state index >= 15 is 0 Å². The Morgan fingerprint density at radius 1 is 1.09 bits per heavy atom. The minimum absolute atomic E-state index is 0.0742. The molecule has 0 saturated heterocycles. The van der Waals surface area contributed by atoms with E-state index in [2.05, 4.69) is 31.0 Å². The molecule has 0 radical (unpaired) electrons. The number of benzene rings is 1. The van der Waals surface area contributed by atoms with Crippen molar-refractivity contribution >= 4 is 23.3 Å². The Balaban J connectivity index is 1.78. The fraction of sp³-hybridized carbons (Fsp3) is 0.0769. The predicted octanol–water partition coefficient (Wildman–Crippen LogP) is 2.93. The van der Waals surface area contributed by atoms with Crippen molar-refractivity contribution < 1.29 is 13.3 Å². The van der Waals surface area contributed by atoms with Gasteiger partial charge in [0.05, 0.1) is 11.9 Å². The van der Waals surface area contributed by atoms with Gasteiger partial charge in [-0.3, -0.25) is 0 Å². The van der Waals surface area contributed by atoms with E-state index in [1.165, 1.54) is 12.3 Å². The van der Waals surface area contributed by atoms with Crippen molar-refractivity contribution in [2.24, 2.45) is 0 Å². The first-order valence-electron chi connectivity index (χ1n) is 6.22. The highest BCUT2D eigenvalue weighted by molar-refractivity contribution is 5.57. The van der Waals surface area contributed by atoms with Crippen LogP contribution in [0.5, 0.6) is 0 Å². The zero-order chi connectivity index (χ0) is 15.5. The van der Waals surface area contributed by atoms with Gasteiger partial charge >= 0.3 is 0 Å². The van der Waals surface area contributed by atoms with Crippen molar-refractivity contribution in [3.8, 4) is 0 Å². The molecule has 2 aromatic heterocycles. The van der Waals surface area contributed by atoms with E-state index in [-0.39, 0.29) is 17.5 Å². The van der Waals surface area contributed by atoms with Crippen LogP contribution in [-0.4, -0.2) is 20.3 Å². The molecule has 0 aliphatic carbocycles. The van der Waals surface area contributed by atoms with Crippen LogP contribution in [0.3, 0.4) is 0 Å². The second-order valence-corrected chi connectivity index (χ2v) is 4.36. The molecule has 0 aliphatic rings. The van der Waals surface area contributed by atoms with Crippen LogP contribution in [0.25, 0.3) is 0 Å². The van der Waals surface area contributed by atoms with Crippen molar-refractivity contribution in [3.63, 3.8) is 0 Å². The van der Waals surface area contributed by atoms with Gasteiger partial charge in [-0.2, -0.15) is 10.1 Å². The summed E-state index contributed by atoms with van der Waals surface area (Å²) in [7, 11) is 0. The molecule has 2 heterocycles. The molecule has 112 valence electrons. The van der Waals surface area contributed by atoms with Gasteiger partial charge in [0.1, 0.15) is 17.4 Å². The lowest BCUT2D eigenvalue weighted by Gasteiger charge is -2.07. The molecule has 0 bridgehead atoms. The average molecular weight is 304 g/mol. The van der Waals surface area contributed by atoms with E-state index < -0.39 is 11.6 Å². The summed E-state index contributed by atoms with van der Waals surface area (Å²) < 4.78 is 31.3. The van der Waals surface area contributed by atoms with Gasteiger partial charge in [0.2, 0.25) is 5.95 Å². The molecule has 2 N–H and O–H groups in total. The molecule has 0 aliphatic heterocycles. The normalized spacial score (nSPS) is 10.5. The highest BCUT2D eigenvalue weighted by Crippen LogP contribution is 2.20. The van der Waals surface area contributed by atoms with E-state index in [0.29, 0.717) is 11.6 Å². The van der Waals surface area contributed by atoms with Crippen LogP contribution in [0.2, 0.25) is 0 Å². The number of halogens is 2. The molecule has 1 aromatic carbocycles. The maximum atomic E-state index is 13.6. The molecule has 0 unspecified atom stereocenters. The molecule has 0 atom stereocenters. The highest BCUT2D eigenvalue weighted by atomic mass is 19.1. The molecule has 3 aromatic rings. The number of aryl methyl sites for hydroxylation is 1. The maximum absolute atomic E-state index is 13.6. The van der Waals surface area contributed by atoms with Gasteiger partial charge < -0.3 is 15.2 Å². The minimum atomic E-state index is -0.736. The van der Waals surface area contributed by atoms with Gasteiger partial charge in [0.15, 0.2) is 11.6 Å². The second kappa shape index (κ2) is 5.72. The van der Waals surface area contributed by atoms with Gasteiger partial charge in [-0.05, 0) is 19.1 Å². The number of nitrogens with one attached hydrogen (secondary N) is 2. The summed E-state index contributed by atoms with van der Waals surface area (Å²) in [4.78, 5) is 4.10. The van der Waals surface area contributed by atoms with E-state index in [9.17, 15) is 8.78 Å². The van der Waals surface area contributed by atoms with Crippen molar-refractivity contribution in [2.45, 2.75) is 6.92 Å². The lowest BCUT2D eigenvalue weighted by atomic mass is 10.3. The average Bonchev–Trinajstić information content (AvgIpc) is 2.88. The highest BCUT2D eigenvalue weighted by Gasteiger charge is 2.08. The third-order valence-electron chi connectivity index (χ3n) is 2.62. The molecule has 0 fully saturated rings. The summed E-state index contributed by atoms with van der Waals surface area (Å²) in [6, 6.07) is 4.83. The van der Waals surface area contributed by atoms with Crippen LogP contribution in [0, 0.1) is 18.6 Å². The number of aromatic nitrogens is 4. The summed E-state index contributed by atoms with van der Waals surface area (Å²) in [6.07, 6.45) is 1.31. The smallest absolute Gasteiger partial charge is 0.250 e. The van der Waals surface area contributed by atoms with E-state index in [4.69, 9.17) is 4.52 Å². The maximum Gasteiger partial charge on any atom is 0.250 e. The summed E-state index contributed by atoms with van der Waals surface area (Å²) >= 11 is 0. The van der Waals surface area contributed by atoms with Crippen LogP contribution >= 0.6 is 0 Å². The van der Waals surface area contributed by atoms with Gasteiger partial charge in [-0.15, -0.1) is 5.10 Å². The summed E-state index contributed by atoms with van der Waals surface area (Å²) in [5.41, 5.74) is 0.0742. The van der Waals surface area contributed by atoms with Gasteiger partial charge in [-0.1, -0.05) is 5.16 Å². The Bertz CT molecular complexity index is 807. The summed E-state index contributed by atoms with van der Waals surface area (Å²) in [5, 5.41) is 16.7. The lowest BCUT2D eigenvalue weighted by Crippen LogP contribution is -2.03. The van der Waals surface area contributed by atoms with Crippen LogP contribution < -0.4 is 10.6 Å². The Hall–Kier alpha value is -3.10. The molecular weight excluding hydrogens is 294 g/mol. The first-order chi connectivity index (χ1) is 10.6. The predicted molar refractivity (Wildman–Crippen MR) is 74.0 cm³/mol. The summed E-state index contributed by atoms with van der Waals surface area (Å²) in [6.45, 7) is 1.74. The number of hydrogen-bond acceptors (Lipinski definition) is 7. The first kappa shape index (κ1) is 13.9. The molecule has 22 heavy (non-hydrogen) atoms. The van der Waals surface area contributed by atoms with Crippen LogP contribution in [0.15, 0.2) is 35.0 Å². The Labute approximate surface area is 123 Å². The molecular formula is C13H10F2N6O. The van der Waals surface area contributed by atoms with Crippen LogP contribution in [-0.2, 0) is 0 Å². The third kappa shape index (κ3) is 3.14. The fourth-order valence-corrected chi connectivity index (χ4v) is 1.69. The van der Waals surface area contributed by atoms with Crippen LogP contribution in [0.4, 0.5) is 32.1 Å². The largest absolute Gasteiger partial charge is 0.360 e. The minimum Gasteiger partial charge on any atom is -0.360 e. The number of hydrogen-bond donors (Lipinski definition) is 2. The topological polar surface area (TPSA) is 88.8 Å². The molecule has 0 saturated carbocycles. The number of anilines is 4. The van der Waals surface area contributed by atoms with Crippen molar-refractivity contribution in [1.82, 2.24) is 20.3 Å². The second-order valence-electron chi connectivity index (χ2n) is 4.36.